The minimum atomic E-state index is -0.464. The van der Waals surface area contributed by atoms with Gasteiger partial charge in [0.2, 0.25) is 0 Å². The second-order valence-corrected chi connectivity index (χ2v) is 7.60. The van der Waals surface area contributed by atoms with E-state index < -0.39 is 5.91 Å². The molecule has 0 saturated heterocycles. The Bertz CT molecular complexity index is 1230. The molecule has 0 fully saturated rings. The maximum Gasteiger partial charge on any atom is 0.266 e. The number of carbonyl (C=O) groups is 2. The Morgan fingerprint density at radius 2 is 2.03 bits per heavy atom. The lowest BCUT2D eigenvalue weighted by molar-refractivity contribution is -0.121. The highest BCUT2D eigenvalue weighted by molar-refractivity contribution is 6.37. The fourth-order valence-electron chi connectivity index (χ4n) is 3.42. The molecule has 188 valence electrons. The molecule has 2 aromatic rings. The van der Waals surface area contributed by atoms with E-state index in [2.05, 4.69) is 26.9 Å². The van der Waals surface area contributed by atoms with Gasteiger partial charge in [-0.2, -0.15) is 0 Å². The lowest BCUT2D eigenvalue weighted by Crippen LogP contribution is -2.41. The fourth-order valence-corrected chi connectivity index (χ4v) is 3.71. The quantitative estimate of drug-likeness (QED) is 0.421. The zero-order chi connectivity index (χ0) is 26.7. The molecule has 1 aromatic carbocycles. The highest BCUT2D eigenvalue weighted by atomic mass is 35.5. The molecule has 1 aromatic heterocycles. The molecule has 2 amide bonds. The third-order valence-corrected chi connectivity index (χ3v) is 5.39. The predicted molar refractivity (Wildman–Crippen MR) is 147 cm³/mol. The van der Waals surface area contributed by atoms with Crippen LogP contribution in [0, 0.1) is 0 Å². The number of hydrogen-bond donors (Lipinski definition) is 2. The van der Waals surface area contributed by atoms with Crippen LogP contribution < -0.4 is 11.1 Å². The Labute approximate surface area is 217 Å². The monoisotopic (exact) mass is 506 g/mol. The zero-order valence-corrected chi connectivity index (χ0v) is 21.7. The van der Waals surface area contributed by atoms with Crippen LogP contribution in [0.15, 0.2) is 82.8 Å². The van der Waals surface area contributed by atoms with Crippen LogP contribution in [-0.4, -0.2) is 47.0 Å². The highest BCUT2D eigenvalue weighted by Crippen LogP contribution is 2.33. The largest absolute Gasteiger partial charge is 0.390 e. The summed E-state index contributed by atoms with van der Waals surface area (Å²) in [6.45, 7) is 11.8. The number of hydrogen-bond acceptors (Lipinski definition) is 5. The van der Waals surface area contributed by atoms with Gasteiger partial charge in [-0.3, -0.25) is 19.5 Å². The summed E-state index contributed by atoms with van der Waals surface area (Å²) in [6, 6.07) is 9.37. The number of amides is 2. The standard InChI is InChI=1S/C25H25ClN6O2.C2H6/c1-4-17-11-21(20-9-8-18(12-22(20)26)19-7-6-10-28-13-19)25(34)32(5-2)24(17)31-16(3)29-14-23(33)30-15-27;1-2/h4,6-13,15,29H,3,5,14H2,1-2H3,(H2,27,30,33);1-2H3/b17-4-,31-24+;. The van der Waals surface area contributed by atoms with Gasteiger partial charge in [0.05, 0.1) is 12.9 Å². The molecule has 0 bridgehead atoms. The van der Waals surface area contributed by atoms with E-state index in [1.165, 1.54) is 0 Å². The van der Waals surface area contributed by atoms with Gasteiger partial charge in [0.1, 0.15) is 11.7 Å². The van der Waals surface area contributed by atoms with Crippen molar-refractivity contribution in [1.29, 1.82) is 0 Å². The lowest BCUT2D eigenvalue weighted by atomic mass is 9.95. The summed E-state index contributed by atoms with van der Waals surface area (Å²) in [6.07, 6.45) is 8.00. The molecule has 9 heteroatoms. The van der Waals surface area contributed by atoms with Gasteiger partial charge >= 0.3 is 0 Å². The Balaban J connectivity index is 0.00000222. The number of rotatable bonds is 7. The number of aromatic nitrogens is 1. The van der Waals surface area contributed by atoms with E-state index in [9.17, 15) is 9.59 Å². The van der Waals surface area contributed by atoms with Gasteiger partial charge < -0.3 is 11.1 Å². The van der Waals surface area contributed by atoms with Crippen molar-refractivity contribution in [2.75, 3.05) is 13.1 Å². The van der Waals surface area contributed by atoms with E-state index in [1.54, 1.807) is 23.4 Å². The topological polar surface area (TPSA) is 113 Å². The summed E-state index contributed by atoms with van der Waals surface area (Å²) in [5, 5.41) is 3.24. The van der Waals surface area contributed by atoms with Crippen molar-refractivity contribution in [1.82, 2.24) is 15.2 Å². The molecule has 1 aliphatic heterocycles. The molecule has 3 rings (SSSR count). The number of likely N-dealkylation sites (N-methyl/N-ethyl adjacent to an activating group) is 1. The number of benzene rings is 1. The Morgan fingerprint density at radius 1 is 1.28 bits per heavy atom. The third kappa shape index (κ3) is 6.76. The molecule has 8 nitrogen and oxygen atoms in total. The number of aliphatic imine (C=N–C) groups is 2. The smallest absolute Gasteiger partial charge is 0.266 e. The first-order valence-electron chi connectivity index (χ1n) is 11.6. The van der Waals surface area contributed by atoms with E-state index in [0.717, 1.165) is 23.0 Å². The molecule has 3 N–H and O–H groups in total. The van der Waals surface area contributed by atoms with Gasteiger partial charge in [0.25, 0.3) is 11.8 Å². The van der Waals surface area contributed by atoms with E-state index in [4.69, 9.17) is 17.3 Å². The average Bonchev–Trinajstić information content (AvgIpc) is 2.90. The highest BCUT2D eigenvalue weighted by Gasteiger charge is 2.30. The van der Waals surface area contributed by atoms with Crippen LogP contribution in [0.1, 0.15) is 33.3 Å². The van der Waals surface area contributed by atoms with Crippen molar-refractivity contribution in [2.24, 2.45) is 15.7 Å². The molecule has 0 atom stereocenters. The number of pyridine rings is 1. The predicted octanol–water partition coefficient (Wildman–Crippen LogP) is 4.59. The third-order valence-electron chi connectivity index (χ3n) is 5.07. The molecule has 2 heterocycles. The first-order valence-corrected chi connectivity index (χ1v) is 12.0. The zero-order valence-electron chi connectivity index (χ0n) is 21.0. The SMILES string of the molecule is C=C(/N=C1\C(=C/C)C=C(c2ccc(-c3cccnc3)cc2Cl)C(=O)N1CC)NCC(=O)N=CN.CC. The molecule has 0 unspecified atom stereocenters. The second kappa shape index (κ2) is 13.7. The molecule has 0 aliphatic carbocycles. The van der Waals surface area contributed by atoms with Gasteiger partial charge in [-0.25, -0.2) is 9.98 Å². The molecular formula is C27H31ClN6O2. The summed E-state index contributed by atoms with van der Waals surface area (Å²) in [7, 11) is 0. The number of nitrogens with zero attached hydrogens (tertiary/aromatic N) is 4. The molecule has 1 aliphatic rings. The Kier molecular flexibility index (Phi) is 10.8. The van der Waals surface area contributed by atoms with Crippen molar-refractivity contribution in [2.45, 2.75) is 27.7 Å². The van der Waals surface area contributed by atoms with Crippen LogP contribution in [0.4, 0.5) is 0 Å². The van der Waals surface area contributed by atoms with Crippen LogP contribution in [-0.2, 0) is 9.59 Å². The van der Waals surface area contributed by atoms with Crippen LogP contribution in [0.25, 0.3) is 16.7 Å². The Hall–Kier alpha value is -4.04. The first kappa shape index (κ1) is 28.2. The second-order valence-electron chi connectivity index (χ2n) is 7.20. The maximum atomic E-state index is 13.4. The minimum Gasteiger partial charge on any atom is -0.390 e. The van der Waals surface area contributed by atoms with E-state index >= 15 is 0 Å². The molecular weight excluding hydrogens is 476 g/mol. The van der Waals surface area contributed by atoms with Gasteiger partial charge in [-0.05, 0) is 37.6 Å². The van der Waals surface area contributed by atoms with Crippen LogP contribution >= 0.6 is 11.6 Å². The summed E-state index contributed by atoms with van der Waals surface area (Å²) in [5.74, 6) is -0.0563. The van der Waals surface area contributed by atoms with Crippen molar-refractivity contribution < 1.29 is 9.59 Å². The van der Waals surface area contributed by atoms with Crippen molar-refractivity contribution in [3.8, 4) is 11.1 Å². The van der Waals surface area contributed by atoms with Crippen LogP contribution in [0.5, 0.6) is 0 Å². The molecule has 0 radical (unpaired) electrons. The van der Waals surface area contributed by atoms with Gasteiger partial charge in [0.15, 0.2) is 0 Å². The molecule has 36 heavy (non-hydrogen) atoms. The Morgan fingerprint density at radius 3 is 2.61 bits per heavy atom. The normalized spacial score (nSPS) is 15.5. The van der Waals surface area contributed by atoms with Gasteiger partial charge in [0, 0.05) is 46.2 Å². The van der Waals surface area contributed by atoms with Gasteiger partial charge in [-0.15, -0.1) is 0 Å². The van der Waals surface area contributed by atoms with E-state index in [-0.39, 0.29) is 18.3 Å². The minimum absolute atomic E-state index is 0.117. The molecule has 0 saturated carbocycles. The van der Waals surface area contributed by atoms with Crippen molar-refractivity contribution >= 4 is 41.2 Å². The van der Waals surface area contributed by atoms with Crippen LogP contribution in [0.3, 0.4) is 0 Å². The van der Waals surface area contributed by atoms with Crippen molar-refractivity contribution in [3.05, 3.63) is 83.4 Å². The summed E-state index contributed by atoms with van der Waals surface area (Å²) < 4.78 is 0. The number of nitrogens with two attached hydrogens (primary N) is 1. The van der Waals surface area contributed by atoms with E-state index in [0.29, 0.717) is 28.5 Å². The van der Waals surface area contributed by atoms with E-state index in [1.807, 2.05) is 64.1 Å². The number of carbonyl (C=O) groups excluding carboxylic acids is 2. The van der Waals surface area contributed by atoms with Gasteiger partial charge in [-0.1, -0.05) is 56.3 Å². The maximum absolute atomic E-state index is 13.4. The summed E-state index contributed by atoms with van der Waals surface area (Å²) in [5.41, 5.74) is 8.76. The molecule has 0 spiro atoms. The lowest BCUT2D eigenvalue weighted by Gasteiger charge is -2.30. The first-order chi connectivity index (χ1) is 17.4. The number of halogens is 1. The van der Waals surface area contributed by atoms with Crippen molar-refractivity contribution in [3.63, 3.8) is 0 Å². The van der Waals surface area contributed by atoms with Crippen LogP contribution in [0.2, 0.25) is 5.02 Å². The number of nitrogens with one attached hydrogen (secondary N) is 1. The number of amidine groups is 1. The fraction of sp³-hybridized carbons (Fsp3) is 0.222. The average molecular weight is 507 g/mol. The summed E-state index contributed by atoms with van der Waals surface area (Å²) >= 11 is 6.62. The summed E-state index contributed by atoms with van der Waals surface area (Å²) in [4.78, 5) is 38.6. The number of allylic oxidation sites excluding steroid dienone is 1.